The smallest absolute Gasteiger partial charge is 0.269 e. The highest BCUT2D eigenvalue weighted by Gasteiger charge is 2.20. The molecule has 2 aromatic heterocycles. The second-order valence-electron chi connectivity index (χ2n) is 8.59. The number of rotatable bonds is 8. The van der Waals surface area contributed by atoms with Crippen molar-refractivity contribution in [3.8, 4) is 27.9 Å². The lowest BCUT2D eigenvalue weighted by Gasteiger charge is -2.13. The van der Waals surface area contributed by atoms with Crippen molar-refractivity contribution in [1.29, 1.82) is 0 Å². The molecule has 178 valence electrons. The molecule has 5 aromatic rings. The minimum atomic E-state index is -0.396. The molecule has 36 heavy (non-hydrogen) atoms. The molecule has 0 aliphatic heterocycles. The lowest BCUT2D eigenvalue weighted by molar-refractivity contribution is -0.384. The van der Waals surface area contributed by atoms with Crippen LogP contribution < -0.4 is 0 Å². The van der Waals surface area contributed by atoms with Crippen molar-refractivity contribution < 1.29 is 9.31 Å². The second kappa shape index (κ2) is 10.4. The molecule has 2 heterocycles. The fourth-order valence-corrected chi connectivity index (χ4v) is 4.55. The van der Waals surface area contributed by atoms with E-state index in [-0.39, 0.29) is 11.5 Å². The quantitative estimate of drug-likeness (QED) is 0.172. The molecule has 0 N–H and O–H groups in total. The zero-order valence-corrected chi connectivity index (χ0v) is 19.5. The van der Waals surface area contributed by atoms with Gasteiger partial charge < -0.3 is 4.57 Å². The summed E-state index contributed by atoms with van der Waals surface area (Å²) in [6, 6.07) is 27.4. The molecular weight excluding hydrogens is 453 g/mol. The predicted molar refractivity (Wildman–Crippen MR) is 140 cm³/mol. The Bertz CT molecular complexity index is 1460. The van der Waals surface area contributed by atoms with E-state index in [0.29, 0.717) is 0 Å². The number of nitrogens with zero attached hydrogens (tertiary/aromatic N) is 3. The number of nitro benzene ring substituents is 1. The number of aromatic nitrogens is 2. The van der Waals surface area contributed by atoms with E-state index in [4.69, 9.17) is 0 Å². The molecule has 3 aromatic carbocycles. The summed E-state index contributed by atoms with van der Waals surface area (Å²) in [4.78, 5) is 15.0. The molecule has 0 bridgehead atoms. The van der Waals surface area contributed by atoms with Crippen LogP contribution in [0, 0.1) is 15.9 Å². The first kappa shape index (κ1) is 23.2. The Balaban J connectivity index is 1.65. The van der Waals surface area contributed by atoms with Crippen molar-refractivity contribution >= 4 is 5.69 Å². The Morgan fingerprint density at radius 1 is 0.806 bits per heavy atom. The van der Waals surface area contributed by atoms with Crippen molar-refractivity contribution in [1.82, 2.24) is 9.55 Å². The molecule has 5 rings (SSSR count). The van der Waals surface area contributed by atoms with Crippen molar-refractivity contribution in [2.75, 3.05) is 0 Å². The van der Waals surface area contributed by atoms with Gasteiger partial charge in [0.15, 0.2) is 0 Å². The zero-order chi connectivity index (χ0) is 24.9. The average Bonchev–Trinajstić information content (AvgIpc) is 3.29. The second-order valence-corrected chi connectivity index (χ2v) is 8.59. The first-order chi connectivity index (χ1) is 17.6. The first-order valence-corrected chi connectivity index (χ1v) is 11.8. The fraction of sp³-hybridized carbons (Fsp3) is 0.100. The highest BCUT2D eigenvalue weighted by atomic mass is 19.1. The van der Waals surface area contributed by atoms with E-state index in [2.05, 4.69) is 21.7 Å². The molecule has 5 nitrogen and oxygen atoms in total. The Labute approximate surface area is 208 Å². The molecule has 0 fully saturated rings. The minimum Gasteiger partial charge on any atom is -0.320 e. The van der Waals surface area contributed by atoms with E-state index in [0.717, 1.165) is 52.9 Å². The van der Waals surface area contributed by atoms with Gasteiger partial charge in [0, 0.05) is 53.2 Å². The molecule has 0 aliphatic carbocycles. The Kier molecular flexibility index (Phi) is 6.67. The highest BCUT2D eigenvalue weighted by Crippen LogP contribution is 2.39. The Morgan fingerprint density at radius 2 is 1.50 bits per heavy atom. The normalized spacial score (nSPS) is 10.9. The summed E-state index contributed by atoms with van der Waals surface area (Å²) in [7, 11) is 0. The third kappa shape index (κ3) is 4.93. The SMILES string of the molecule is O=[N+]([O-])c1ccc(-n2cc(-c3ccc(F)cc3)c(-c3ccncc3)c2CCCc2ccccc2)cc1. The van der Waals surface area contributed by atoms with E-state index in [9.17, 15) is 14.5 Å². The van der Waals surface area contributed by atoms with Crippen LogP contribution in [-0.2, 0) is 12.8 Å². The van der Waals surface area contributed by atoms with Gasteiger partial charge in [0.25, 0.3) is 5.69 Å². The van der Waals surface area contributed by atoms with Crippen molar-refractivity contribution in [3.63, 3.8) is 0 Å². The van der Waals surface area contributed by atoms with E-state index in [1.807, 2.05) is 36.5 Å². The van der Waals surface area contributed by atoms with Gasteiger partial charge in [0.1, 0.15) is 5.82 Å². The Hall–Kier alpha value is -4.58. The average molecular weight is 478 g/mol. The summed E-state index contributed by atoms with van der Waals surface area (Å²) >= 11 is 0. The molecule has 0 aliphatic rings. The van der Waals surface area contributed by atoms with E-state index in [1.165, 1.54) is 29.8 Å². The van der Waals surface area contributed by atoms with Crippen LogP contribution in [0.4, 0.5) is 10.1 Å². The van der Waals surface area contributed by atoms with Gasteiger partial charge in [-0.2, -0.15) is 0 Å². The third-order valence-corrected chi connectivity index (χ3v) is 6.29. The lowest BCUT2D eigenvalue weighted by Crippen LogP contribution is -2.02. The number of non-ortho nitro benzene ring substituents is 1. The maximum absolute atomic E-state index is 13.7. The van der Waals surface area contributed by atoms with Crippen LogP contribution in [0.3, 0.4) is 0 Å². The molecule has 6 heteroatoms. The molecule has 0 saturated heterocycles. The van der Waals surface area contributed by atoms with Gasteiger partial charge in [0.05, 0.1) is 4.92 Å². The predicted octanol–water partition coefficient (Wildman–Crippen LogP) is 7.43. The minimum absolute atomic E-state index is 0.0460. The third-order valence-electron chi connectivity index (χ3n) is 6.29. The van der Waals surface area contributed by atoms with Gasteiger partial charge in [-0.3, -0.25) is 15.1 Å². The van der Waals surface area contributed by atoms with Gasteiger partial charge in [0.2, 0.25) is 0 Å². The van der Waals surface area contributed by atoms with Gasteiger partial charge in [-0.25, -0.2) is 4.39 Å². The van der Waals surface area contributed by atoms with E-state index >= 15 is 0 Å². The van der Waals surface area contributed by atoms with Gasteiger partial charge in [-0.05, 0) is 72.4 Å². The van der Waals surface area contributed by atoms with Gasteiger partial charge in [-0.1, -0.05) is 42.5 Å². The maximum Gasteiger partial charge on any atom is 0.269 e. The number of halogens is 1. The summed E-state index contributed by atoms with van der Waals surface area (Å²) in [6.07, 6.45) is 8.20. The van der Waals surface area contributed by atoms with Crippen molar-refractivity contribution in [2.24, 2.45) is 0 Å². The molecule has 0 atom stereocenters. The largest absolute Gasteiger partial charge is 0.320 e. The van der Waals surface area contributed by atoms with E-state index in [1.54, 1.807) is 36.7 Å². The number of aryl methyl sites for hydroxylation is 1. The lowest BCUT2D eigenvalue weighted by atomic mass is 9.95. The van der Waals surface area contributed by atoms with Crippen molar-refractivity contribution in [3.05, 3.63) is 137 Å². The van der Waals surface area contributed by atoms with Crippen LogP contribution >= 0.6 is 0 Å². The van der Waals surface area contributed by atoms with Crippen molar-refractivity contribution in [2.45, 2.75) is 19.3 Å². The number of benzene rings is 3. The molecule has 0 unspecified atom stereocenters. The number of nitro groups is 1. The summed E-state index contributed by atoms with van der Waals surface area (Å²) in [5.74, 6) is -0.290. The number of hydrogen-bond donors (Lipinski definition) is 0. The fourth-order valence-electron chi connectivity index (χ4n) is 4.55. The van der Waals surface area contributed by atoms with Gasteiger partial charge in [-0.15, -0.1) is 0 Å². The topological polar surface area (TPSA) is 61.0 Å². The van der Waals surface area contributed by atoms with Gasteiger partial charge >= 0.3 is 0 Å². The van der Waals surface area contributed by atoms with Crippen LogP contribution in [0.2, 0.25) is 0 Å². The summed E-state index contributed by atoms with van der Waals surface area (Å²) < 4.78 is 15.8. The Morgan fingerprint density at radius 3 is 2.17 bits per heavy atom. The molecule has 0 amide bonds. The van der Waals surface area contributed by atoms with Crippen LogP contribution in [-0.4, -0.2) is 14.5 Å². The summed E-state index contributed by atoms with van der Waals surface area (Å²) in [5, 5.41) is 11.2. The number of hydrogen-bond acceptors (Lipinski definition) is 3. The monoisotopic (exact) mass is 477 g/mol. The van der Waals surface area contributed by atoms with E-state index < -0.39 is 4.92 Å². The molecule has 0 radical (unpaired) electrons. The first-order valence-electron chi connectivity index (χ1n) is 11.8. The summed E-state index contributed by atoms with van der Waals surface area (Å²) in [5.41, 5.74) is 7.17. The molecule has 0 saturated carbocycles. The highest BCUT2D eigenvalue weighted by molar-refractivity contribution is 5.86. The zero-order valence-electron chi connectivity index (χ0n) is 19.5. The maximum atomic E-state index is 13.7. The summed E-state index contributed by atoms with van der Waals surface area (Å²) in [6.45, 7) is 0. The molecule has 0 spiro atoms. The van der Waals surface area contributed by atoms with Crippen LogP contribution in [0.5, 0.6) is 0 Å². The van der Waals surface area contributed by atoms with Crippen LogP contribution in [0.25, 0.3) is 27.9 Å². The molecular formula is C30H24FN3O2. The van der Waals surface area contributed by atoms with Crippen LogP contribution in [0.15, 0.2) is 110 Å². The number of pyridine rings is 1. The standard InChI is InChI=1S/C30H24FN3O2/c31-25-11-9-23(10-12-25)28-21-33(26-13-15-27(16-14-26)34(35)36)29(30(28)24-17-19-32-20-18-24)8-4-7-22-5-2-1-3-6-22/h1-3,5-6,9-21H,4,7-8H2. The van der Waals surface area contributed by atoms with Crippen LogP contribution in [0.1, 0.15) is 17.7 Å².